The number of phenols is 2. The Balaban J connectivity index is 1.71. The van der Waals surface area contributed by atoms with Gasteiger partial charge < -0.3 is 15.5 Å². The van der Waals surface area contributed by atoms with Crippen LogP contribution in [0.4, 0.5) is 0 Å². The second kappa shape index (κ2) is 6.41. The summed E-state index contributed by atoms with van der Waals surface area (Å²) in [5.41, 5.74) is 3.81. The number of aromatic hydroxyl groups is 2. The zero-order valence-electron chi connectivity index (χ0n) is 14.1. The fraction of sp³-hybridized carbons (Fsp3) is 0.500. The van der Waals surface area contributed by atoms with Gasteiger partial charge in [-0.15, -0.1) is 11.3 Å². The molecule has 0 saturated heterocycles. The maximum Gasteiger partial charge on any atom is 0.157 e. The Morgan fingerprint density at radius 3 is 2.79 bits per heavy atom. The van der Waals surface area contributed by atoms with E-state index in [1.54, 1.807) is 12.1 Å². The van der Waals surface area contributed by atoms with Crippen molar-refractivity contribution in [2.45, 2.75) is 64.0 Å². The smallest absolute Gasteiger partial charge is 0.157 e. The summed E-state index contributed by atoms with van der Waals surface area (Å²) >= 11 is 1.95. The molecule has 0 unspecified atom stereocenters. The SMILES string of the molecule is CCCCCc1cc2c(s1)CN[C@H]1CCc3cc(O)c(O)cc3[C@H]21. The van der Waals surface area contributed by atoms with E-state index in [-0.39, 0.29) is 11.5 Å². The molecule has 24 heavy (non-hydrogen) atoms. The van der Waals surface area contributed by atoms with E-state index in [1.165, 1.54) is 52.1 Å². The van der Waals surface area contributed by atoms with Gasteiger partial charge in [-0.05, 0) is 60.6 Å². The van der Waals surface area contributed by atoms with Gasteiger partial charge >= 0.3 is 0 Å². The fourth-order valence-electron chi connectivity index (χ4n) is 4.24. The number of phenolic OH excluding ortho intramolecular Hbond substituents is 2. The Bertz CT molecular complexity index is 752. The molecule has 128 valence electrons. The fourth-order valence-corrected chi connectivity index (χ4v) is 5.45. The number of rotatable bonds is 4. The second-order valence-electron chi connectivity index (χ2n) is 7.09. The average Bonchev–Trinajstić information content (AvgIpc) is 2.99. The maximum atomic E-state index is 9.99. The van der Waals surface area contributed by atoms with Gasteiger partial charge in [0.25, 0.3) is 0 Å². The van der Waals surface area contributed by atoms with E-state index in [2.05, 4.69) is 18.3 Å². The van der Waals surface area contributed by atoms with E-state index >= 15 is 0 Å². The number of aryl methyl sites for hydroxylation is 2. The molecule has 2 heterocycles. The second-order valence-corrected chi connectivity index (χ2v) is 8.31. The van der Waals surface area contributed by atoms with Crippen molar-refractivity contribution in [1.29, 1.82) is 0 Å². The molecule has 0 bridgehead atoms. The van der Waals surface area contributed by atoms with Crippen LogP contribution in [0.2, 0.25) is 0 Å². The largest absolute Gasteiger partial charge is 0.504 e. The third-order valence-electron chi connectivity index (χ3n) is 5.48. The van der Waals surface area contributed by atoms with Gasteiger partial charge in [-0.25, -0.2) is 0 Å². The summed E-state index contributed by atoms with van der Waals surface area (Å²) in [4.78, 5) is 2.94. The lowest BCUT2D eigenvalue weighted by Gasteiger charge is -2.38. The van der Waals surface area contributed by atoms with Gasteiger partial charge in [0.15, 0.2) is 11.5 Å². The maximum absolute atomic E-state index is 9.99. The summed E-state index contributed by atoms with van der Waals surface area (Å²) in [5, 5.41) is 23.5. The lowest BCUT2D eigenvalue weighted by Crippen LogP contribution is -2.41. The van der Waals surface area contributed by atoms with E-state index in [9.17, 15) is 10.2 Å². The van der Waals surface area contributed by atoms with E-state index in [0.29, 0.717) is 12.0 Å². The minimum atomic E-state index is -0.0000719. The van der Waals surface area contributed by atoms with Gasteiger partial charge in [0.2, 0.25) is 0 Å². The summed E-state index contributed by atoms with van der Waals surface area (Å²) in [7, 11) is 0. The van der Waals surface area contributed by atoms with Crippen molar-refractivity contribution in [3.63, 3.8) is 0 Å². The molecule has 2 atom stereocenters. The molecule has 1 aromatic carbocycles. The highest BCUT2D eigenvalue weighted by atomic mass is 32.1. The van der Waals surface area contributed by atoms with E-state index in [4.69, 9.17) is 0 Å². The molecular formula is C20H25NO2S. The molecule has 3 N–H and O–H groups in total. The van der Waals surface area contributed by atoms with Gasteiger partial charge in [0.05, 0.1) is 0 Å². The highest BCUT2D eigenvalue weighted by Crippen LogP contribution is 2.46. The first-order valence-electron chi connectivity index (χ1n) is 9.07. The van der Waals surface area contributed by atoms with E-state index in [1.807, 2.05) is 11.3 Å². The van der Waals surface area contributed by atoms with E-state index < -0.39 is 0 Å². The summed E-state index contributed by atoms with van der Waals surface area (Å²) in [6.07, 6.45) is 7.04. The first kappa shape index (κ1) is 16.0. The molecule has 2 aliphatic rings. The van der Waals surface area contributed by atoms with Crippen molar-refractivity contribution < 1.29 is 10.2 Å². The molecule has 0 radical (unpaired) electrons. The molecule has 4 heteroatoms. The van der Waals surface area contributed by atoms with Gasteiger partial charge in [0.1, 0.15) is 0 Å². The lowest BCUT2D eigenvalue weighted by molar-refractivity contribution is 0.382. The molecule has 3 nitrogen and oxygen atoms in total. The molecule has 1 aliphatic heterocycles. The van der Waals surface area contributed by atoms with Gasteiger partial charge in [-0.3, -0.25) is 0 Å². The zero-order valence-corrected chi connectivity index (χ0v) is 15.0. The van der Waals surface area contributed by atoms with Crippen molar-refractivity contribution in [1.82, 2.24) is 5.32 Å². The summed E-state index contributed by atoms with van der Waals surface area (Å²) < 4.78 is 0. The minimum absolute atomic E-state index is 0.0000719. The number of hydrogen-bond donors (Lipinski definition) is 3. The molecule has 0 amide bonds. The van der Waals surface area contributed by atoms with Crippen LogP contribution in [-0.2, 0) is 19.4 Å². The Labute approximate surface area is 147 Å². The normalized spacial score (nSPS) is 21.9. The molecule has 0 fully saturated rings. The summed E-state index contributed by atoms with van der Waals surface area (Å²) in [5.74, 6) is 0.307. The lowest BCUT2D eigenvalue weighted by atomic mass is 9.74. The highest BCUT2D eigenvalue weighted by molar-refractivity contribution is 7.12. The predicted molar refractivity (Wildman–Crippen MR) is 98.1 cm³/mol. The number of fused-ring (bicyclic) bond motifs is 5. The molecule has 0 saturated carbocycles. The standard InChI is InChI=1S/C20H25NO2S/c1-2-3-4-5-13-9-15-19(24-13)11-21-16-7-6-12-8-17(22)18(23)10-14(12)20(15)16/h8-10,16,20-23H,2-7,11H2,1H3/t16-,20+/m0/s1. The summed E-state index contributed by atoms with van der Waals surface area (Å²) in [6.45, 7) is 3.21. The molecule has 4 rings (SSSR count). The van der Waals surface area contributed by atoms with Crippen LogP contribution in [0.15, 0.2) is 18.2 Å². The van der Waals surface area contributed by atoms with Crippen LogP contribution in [0.1, 0.15) is 65.0 Å². The van der Waals surface area contributed by atoms with Crippen molar-refractivity contribution in [3.8, 4) is 11.5 Å². The Morgan fingerprint density at radius 1 is 1.12 bits per heavy atom. The quantitative estimate of drug-likeness (QED) is 0.568. The average molecular weight is 343 g/mol. The predicted octanol–water partition coefficient (Wildman–Crippen LogP) is 4.44. The first-order valence-corrected chi connectivity index (χ1v) is 9.88. The molecular weight excluding hydrogens is 318 g/mol. The zero-order chi connectivity index (χ0) is 16.7. The van der Waals surface area contributed by atoms with Crippen molar-refractivity contribution >= 4 is 11.3 Å². The molecule has 1 aliphatic carbocycles. The van der Waals surface area contributed by atoms with Crippen molar-refractivity contribution in [3.05, 3.63) is 44.6 Å². The number of nitrogens with one attached hydrogen (secondary N) is 1. The van der Waals surface area contributed by atoms with Gasteiger partial charge in [0, 0.05) is 28.3 Å². The van der Waals surface area contributed by atoms with Gasteiger partial charge in [-0.2, -0.15) is 0 Å². The topological polar surface area (TPSA) is 52.5 Å². The van der Waals surface area contributed by atoms with E-state index in [0.717, 1.165) is 19.4 Å². The molecule has 0 spiro atoms. The van der Waals surface area contributed by atoms with Gasteiger partial charge in [-0.1, -0.05) is 19.8 Å². The van der Waals surface area contributed by atoms with Crippen LogP contribution in [0, 0.1) is 0 Å². The van der Waals surface area contributed by atoms with Crippen LogP contribution in [-0.4, -0.2) is 16.3 Å². The number of hydrogen-bond acceptors (Lipinski definition) is 4. The number of benzene rings is 1. The monoisotopic (exact) mass is 343 g/mol. The Hall–Kier alpha value is -1.52. The third kappa shape index (κ3) is 2.72. The number of thiophene rings is 1. The number of unbranched alkanes of at least 4 members (excludes halogenated alkanes) is 2. The first-order chi connectivity index (χ1) is 11.7. The van der Waals surface area contributed by atoms with Crippen LogP contribution in [0.3, 0.4) is 0 Å². The molecule has 1 aromatic heterocycles. The van der Waals surface area contributed by atoms with Crippen LogP contribution >= 0.6 is 11.3 Å². The molecule has 2 aromatic rings. The minimum Gasteiger partial charge on any atom is -0.504 e. The van der Waals surface area contributed by atoms with Crippen LogP contribution < -0.4 is 5.32 Å². The van der Waals surface area contributed by atoms with Crippen LogP contribution in [0.25, 0.3) is 0 Å². The van der Waals surface area contributed by atoms with Crippen LogP contribution in [0.5, 0.6) is 11.5 Å². The van der Waals surface area contributed by atoms with Crippen molar-refractivity contribution in [2.24, 2.45) is 0 Å². The summed E-state index contributed by atoms with van der Waals surface area (Å²) in [6, 6.07) is 6.39. The Morgan fingerprint density at radius 2 is 1.96 bits per heavy atom. The third-order valence-corrected chi connectivity index (χ3v) is 6.69. The van der Waals surface area contributed by atoms with Crippen molar-refractivity contribution in [2.75, 3.05) is 0 Å². The Kier molecular flexibility index (Phi) is 4.27. The highest BCUT2D eigenvalue weighted by Gasteiger charge is 2.36.